The first-order chi connectivity index (χ1) is 10.0. The fraction of sp³-hybridized carbons (Fsp3) is 0.462. The number of nitrogens with one attached hydrogen (secondary N) is 2. The zero-order valence-electron chi connectivity index (χ0n) is 11.9. The van der Waals surface area contributed by atoms with Crippen LogP contribution in [0.5, 0.6) is 0 Å². The molecule has 21 heavy (non-hydrogen) atoms. The van der Waals surface area contributed by atoms with Crippen molar-refractivity contribution in [2.24, 2.45) is 5.92 Å². The van der Waals surface area contributed by atoms with Crippen molar-refractivity contribution in [3.8, 4) is 10.6 Å². The number of aliphatic hydroxyl groups is 1. The van der Waals surface area contributed by atoms with E-state index in [4.69, 9.17) is 0 Å². The van der Waals surface area contributed by atoms with Gasteiger partial charge in [-0.05, 0) is 30.7 Å². The average molecular weight is 326 g/mol. The number of amides is 2. The van der Waals surface area contributed by atoms with Crippen molar-refractivity contribution in [3.05, 3.63) is 16.8 Å². The molecule has 2 heterocycles. The second-order valence-electron chi connectivity index (χ2n) is 4.95. The summed E-state index contributed by atoms with van der Waals surface area (Å²) in [7, 11) is 0. The van der Waals surface area contributed by atoms with Crippen LogP contribution in [0.2, 0.25) is 0 Å². The second-order valence-corrected chi connectivity index (χ2v) is 6.71. The summed E-state index contributed by atoms with van der Waals surface area (Å²) < 4.78 is 0. The van der Waals surface area contributed by atoms with Crippen LogP contribution < -0.4 is 10.6 Å². The number of aromatic nitrogens is 2. The van der Waals surface area contributed by atoms with Crippen molar-refractivity contribution in [1.82, 2.24) is 15.5 Å². The van der Waals surface area contributed by atoms with Gasteiger partial charge in [-0.15, -0.1) is 10.2 Å². The third-order valence-corrected chi connectivity index (χ3v) is 4.34. The number of hydrogen-bond donors (Lipinski definition) is 3. The van der Waals surface area contributed by atoms with Gasteiger partial charge in [-0.2, -0.15) is 11.3 Å². The lowest BCUT2D eigenvalue weighted by molar-refractivity contribution is 0.163. The van der Waals surface area contributed by atoms with Gasteiger partial charge in [0.2, 0.25) is 5.13 Å². The minimum Gasteiger partial charge on any atom is -0.393 e. The van der Waals surface area contributed by atoms with Crippen molar-refractivity contribution in [3.63, 3.8) is 0 Å². The standard InChI is InChI=1S/C13H18N4O2S2/c1-8(5-9(2)18)6-14-12(19)15-13-17-16-11(21-13)10-3-4-20-7-10/h3-4,7-9,18H,5-6H2,1-2H3,(H2,14,15,17,19). The Balaban J connectivity index is 1.80. The van der Waals surface area contributed by atoms with E-state index in [1.54, 1.807) is 18.3 Å². The maximum atomic E-state index is 11.8. The summed E-state index contributed by atoms with van der Waals surface area (Å²) in [6, 6.07) is 1.66. The van der Waals surface area contributed by atoms with E-state index in [0.717, 1.165) is 10.6 Å². The summed E-state index contributed by atoms with van der Waals surface area (Å²) in [5.41, 5.74) is 1.01. The Morgan fingerprint density at radius 1 is 1.43 bits per heavy atom. The number of aliphatic hydroxyl groups excluding tert-OH is 1. The molecule has 0 aliphatic carbocycles. The van der Waals surface area contributed by atoms with Gasteiger partial charge in [-0.25, -0.2) is 4.79 Å². The molecule has 114 valence electrons. The van der Waals surface area contributed by atoms with Crippen LogP contribution in [0.15, 0.2) is 16.8 Å². The molecule has 2 amide bonds. The van der Waals surface area contributed by atoms with Crippen molar-refractivity contribution < 1.29 is 9.90 Å². The van der Waals surface area contributed by atoms with Crippen LogP contribution in [-0.4, -0.2) is 34.0 Å². The summed E-state index contributed by atoms with van der Waals surface area (Å²) in [4.78, 5) is 11.8. The van der Waals surface area contributed by atoms with E-state index < -0.39 is 0 Å². The van der Waals surface area contributed by atoms with Crippen molar-refractivity contribution >= 4 is 33.8 Å². The fourth-order valence-electron chi connectivity index (χ4n) is 1.85. The minimum atomic E-state index is -0.360. The Morgan fingerprint density at radius 3 is 2.90 bits per heavy atom. The monoisotopic (exact) mass is 326 g/mol. The van der Waals surface area contributed by atoms with Crippen molar-refractivity contribution in [2.75, 3.05) is 11.9 Å². The zero-order valence-corrected chi connectivity index (χ0v) is 13.5. The van der Waals surface area contributed by atoms with Crippen LogP contribution in [-0.2, 0) is 0 Å². The van der Waals surface area contributed by atoms with E-state index in [9.17, 15) is 9.90 Å². The molecular formula is C13H18N4O2S2. The summed E-state index contributed by atoms with van der Waals surface area (Å²) in [5, 5.41) is 27.9. The first-order valence-electron chi connectivity index (χ1n) is 6.63. The molecule has 2 aromatic rings. The average Bonchev–Trinajstić information content (AvgIpc) is 3.05. The van der Waals surface area contributed by atoms with Crippen molar-refractivity contribution in [2.45, 2.75) is 26.4 Å². The molecular weight excluding hydrogens is 308 g/mol. The number of hydrogen-bond acceptors (Lipinski definition) is 6. The molecule has 0 radical (unpaired) electrons. The predicted molar refractivity (Wildman–Crippen MR) is 85.7 cm³/mol. The molecule has 0 fully saturated rings. The van der Waals surface area contributed by atoms with Crippen LogP contribution in [0.3, 0.4) is 0 Å². The molecule has 0 aliphatic rings. The largest absolute Gasteiger partial charge is 0.393 e. The molecule has 2 aromatic heterocycles. The number of nitrogens with zero attached hydrogens (tertiary/aromatic N) is 2. The highest BCUT2D eigenvalue weighted by Crippen LogP contribution is 2.27. The lowest BCUT2D eigenvalue weighted by atomic mass is 10.1. The number of thiophene rings is 1. The molecule has 0 aromatic carbocycles. The molecule has 3 N–H and O–H groups in total. The van der Waals surface area contributed by atoms with E-state index in [2.05, 4.69) is 20.8 Å². The summed E-state index contributed by atoms with van der Waals surface area (Å²) >= 11 is 2.93. The van der Waals surface area contributed by atoms with Gasteiger partial charge in [-0.1, -0.05) is 18.3 Å². The third kappa shape index (κ3) is 5.07. The number of urea groups is 1. The first-order valence-corrected chi connectivity index (χ1v) is 8.39. The van der Waals surface area contributed by atoms with E-state index in [1.165, 1.54) is 11.3 Å². The SMILES string of the molecule is CC(O)CC(C)CNC(=O)Nc1nnc(-c2ccsc2)s1. The predicted octanol–water partition coefficient (Wildman–Crippen LogP) is 2.80. The maximum Gasteiger partial charge on any atom is 0.321 e. The number of anilines is 1. The summed E-state index contributed by atoms with van der Waals surface area (Å²) in [6.45, 7) is 4.23. The Morgan fingerprint density at radius 2 is 2.24 bits per heavy atom. The molecule has 8 heteroatoms. The van der Waals surface area contributed by atoms with Gasteiger partial charge in [0.1, 0.15) is 5.01 Å². The molecule has 2 rings (SSSR count). The number of carbonyl (C=O) groups excluding carboxylic acids is 1. The van der Waals surface area contributed by atoms with E-state index in [-0.39, 0.29) is 18.1 Å². The van der Waals surface area contributed by atoms with Crippen LogP contribution in [0.25, 0.3) is 10.6 Å². The van der Waals surface area contributed by atoms with E-state index in [0.29, 0.717) is 18.1 Å². The highest BCUT2D eigenvalue weighted by Gasteiger charge is 2.11. The Bertz CT molecular complexity index is 568. The summed E-state index contributed by atoms with van der Waals surface area (Å²) in [5.74, 6) is 0.214. The lowest BCUT2D eigenvalue weighted by Gasteiger charge is -2.13. The highest BCUT2D eigenvalue weighted by molar-refractivity contribution is 7.19. The molecule has 0 aliphatic heterocycles. The summed E-state index contributed by atoms with van der Waals surface area (Å²) in [6.07, 6.45) is 0.294. The number of carbonyl (C=O) groups is 1. The van der Waals surface area contributed by atoms with Crippen LogP contribution in [0.4, 0.5) is 9.93 Å². The highest BCUT2D eigenvalue weighted by atomic mass is 32.1. The fourth-order valence-corrected chi connectivity index (χ4v) is 3.30. The van der Waals surface area contributed by atoms with Gasteiger partial charge in [0.05, 0.1) is 6.10 Å². The number of rotatable bonds is 6. The topological polar surface area (TPSA) is 87.1 Å². The van der Waals surface area contributed by atoms with Gasteiger partial charge in [0.15, 0.2) is 0 Å². The lowest BCUT2D eigenvalue weighted by Crippen LogP contribution is -2.33. The molecule has 0 bridgehead atoms. The molecule has 0 saturated heterocycles. The molecule has 6 nitrogen and oxygen atoms in total. The van der Waals surface area contributed by atoms with Crippen LogP contribution in [0, 0.1) is 5.92 Å². The van der Waals surface area contributed by atoms with E-state index >= 15 is 0 Å². The van der Waals surface area contributed by atoms with E-state index in [1.807, 2.05) is 23.8 Å². The van der Waals surface area contributed by atoms with Gasteiger partial charge in [0, 0.05) is 17.5 Å². The second kappa shape index (κ2) is 7.48. The Labute approximate surface area is 131 Å². The quantitative estimate of drug-likeness (QED) is 0.762. The zero-order chi connectivity index (χ0) is 15.2. The van der Waals surface area contributed by atoms with Crippen LogP contribution in [0.1, 0.15) is 20.3 Å². The van der Waals surface area contributed by atoms with Gasteiger partial charge in [0.25, 0.3) is 0 Å². The Hall–Kier alpha value is -1.51. The maximum absolute atomic E-state index is 11.8. The van der Waals surface area contributed by atoms with Gasteiger partial charge >= 0.3 is 6.03 Å². The molecule has 2 atom stereocenters. The molecule has 0 saturated carbocycles. The first kappa shape index (κ1) is 15.9. The third-order valence-electron chi connectivity index (χ3n) is 2.77. The molecule has 0 spiro atoms. The Kier molecular flexibility index (Phi) is 5.66. The normalized spacial score (nSPS) is 13.7. The van der Waals surface area contributed by atoms with Gasteiger partial charge < -0.3 is 10.4 Å². The molecule has 2 unspecified atom stereocenters. The smallest absolute Gasteiger partial charge is 0.321 e. The van der Waals surface area contributed by atoms with Crippen molar-refractivity contribution in [1.29, 1.82) is 0 Å². The minimum absolute atomic E-state index is 0.214. The van der Waals surface area contributed by atoms with Gasteiger partial charge in [-0.3, -0.25) is 5.32 Å². The van der Waals surface area contributed by atoms with Crippen LogP contribution >= 0.6 is 22.7 Å².